The smallest absolute Gasteiger partial charge is 0.268 e. The molecule has 4 atom stereocenters. The molecule has 0 radical (unpaired) electrons. The van der Waals surface area contributed by atoms with Crippen molar-refractivity contribution in [3.05, 3.63) is 0 Å². The van der Waals surface area contributed by atoms with Crippen molar-refractivity contribution in [3.63, 3.8) is 0 Å². The molecule has 2 saturated carbocycles. The van der Waals surface area contributed by atoms with E-state index in [9.17, 15) is 8.42 Å². The second-order valence-corrected chi connectivity index (χ2v) is 7.98. The van der Waals surface area contributed by atoms with Crippen LogP contribution < -0.4 is 0 Å². The van der Waals surface area contributed by atoms with E-state index in [1.165, 1.54) is 25.7 Å². The summed E-state index contributed by atoms with van der Waals surface area (Å²) < 4.78 is 30.5. The van der Waals surface area contributed by atoms with E-state index in [4.69, 9.17) is 4.55 Å². The van der Waals surface area contributed by atoms with Crippen molar-refractivity contribution in [2.24, 2.45) is 11.8 Å². The summed E-state index contributed by atoms with van der Waals surface area (Å²) in [6.07, 6.45) is 5.30. The third kappa shape index (κ3) is 2.68. The molecule has 0 saturated heterocycles. The fraction of sp³-hybridized carbons (Fsp3) is 1.00. The Hall–Kier alpha value is 0.260. The van der Waals surface area contributed by atoms with Crippen LogP contribution in [0.15, 0.2) is 0 Å². The topological polar surface area (TPSA) is 54.4 Å². The van der Waals surface area contributed by atoms with Gasteiger partial charge in [-0.3, -0.25) is 4.55 Å². The van der Waals surface area contributed by atoms with Gasteiger partial charge in [0.25, 0.3) is 10.1 Å². The predicted octanol–water partition coefficient (Wildman–Crippen LogP) is 2.18. The van der Waals surface area contributed by atoms with Crippen LogP contribution in [0.25, 0.3) is 0 Å². The molecule has 0 amide bonds. The van der Waals surface area contributed by atoms with Crippen LogP contribution >= 0.6 is 11.8 Å². The van der Waals surface area contributed by atoms with Crippen LogP contribution in [0.5, 0.6) is 0 Å². The van der Waals surface area contributed by atoms with E-state index in [0.717, 1.165) is 11.8 Å². The molecule has 3 nitrogen and oxygen atoms in total. The summed E-state index contributed by atoms with van der Waals surface area (Å²) in [4.78, 5) is 0. The number of hydrogen-bond donors (Lipinski definition) is 1. The Balaban J connectivity index is 1.80. The molecule has 2 fully saturated rings. The minimum absolute atomic E-state index is 0.534. The first kappa shape index (κ1) is 11.7. The molecule has 0 aliphatic heterocycles. The van der Waals surface area contributed by atoms with E-state index in [1.807, 2.05) is 0 Å². The molecule has 5 heteroatoms. The molecule has 2 aliphatic rings. The number of hydrogen-bond acceptors (Lipinski definition) is 3. The Morgan fingerprint density at radius 1 is 1.40 bits per heavy atom. The van der Waals surface area contributed by atoms with Crippen molar-refractivity contribution in [1.82, 2.24) is 0 Å². The van der Waals surface area contributed by atoms with Gasteiger partial charge in [0.05, 0.1) is 5.25 Å². The monoisotopic (exact) mass is 250 g/mol. The lowest BCUT2D eigenvalue weighted by Gasteiger charge is -2.21. The highest BCUT2D eigenvalue weighted by Crippen LogP contribution is 2.49. The molecule has 2 rings (SSSR count). The Labute approximate surface area is 95.8 Å². The van der Waals surface area contributed by atoms with Crippen LogP contribution in [0.4, 0.5) is 0 Å². The zero-order valence-electron chi connectivity index (χ0n) is 8.93. The minimum Gasteiger partial charge on any atom is -0.285 e. The standard InChI is InChI=1S/C10H18O3S2/c1-7(15(11,12)13)6-14-10-5-8-2-3-9(10)4-8/h7-10H,2-6H2,1H3,(H,11,12,13). The van der Waals surface area contributed by atoms with Gasteiger partial charge < -0.3 is 0 Å². The Morgan fingerprint density at radius 2 is 2.13 bits per heavy atom. The van der Waals surface area contributed by atoms with Gasteiger partial charge in [0.2, 0.25) is 0 Å². The molecule has 4 unspecified atom stereocenters. The minimum atomic E-state index is -3.83. The fourth-order valence-electron chi connectivity index (χ4n) is 2.74. The van der Waals surface area contributed by atoms with E-state index < -0.39 is 15.4 Å². The summed E-state index contributed by atoms with van der Waals surface area (Å²) in [7, 11) is -3.83. The van der Waals surface area contributed by atoms with Gasteiger partial charge in [-0.2, -0.15) is 20.2 Å². The van der Waals surface area contributed by atoms with Crippen molar-refractivity contribution in [2.45, 2.75) is 43.1 Å². The van der Waals surface area contributed by atoms with Crippen LogP contribution in [0.1, 0.15) is 32.6 Å². The normalized spacial score (nSPS) is 37.1. The summed E-state index contributed by atoms with van der Waals surface area (Å²) in [5, 5.41) is 0.0228. The van der Waals surface area contributed by atoms with E-state index in [-0.39, 0.29) is 0 Å². The molecule has 0 aromatic heterocycles. The van der Waals surface area contributed by atoms with Crippen LogP contribution in [0, 0.1) is 11.8 Å². The molecule has 0 heterocycles. The van der Waals surface area contributed by atoms with Crippen molar-refractivity contribution >= 4 is 21.9 Å². The maximum atomic E-state index is 10.8. The van der Waals surface area contributed by atoms with Gasteiger partial charge in [0, 0.05) is 11.0 Å². The first-order valence-electron chi connectivity index (χ1n) is 5.54. The lowest BCUT2D eigenvalue weighted by atomic mass is 10.0. The second kappa shape index (κ2) is 4.26. The second-order valence-electron chi connectivity index (χ2n) is 4.87. The summed E-state index contributed by atoms with van der Waals surface area (Å²) in [6, 6.07) is 0. The molecular formula is C10H18O3S2. The molecule has 15 heavy (non-hydrogen) atoms. The zero-order valence-corrected chi connectivity index (χ0v) is 10.6. The molecule has 2 aliphatic carbocycles. The van der Waals surface area contributed by atoms with Crippen molar-refractivity contribution < 1.29 is 13.0 Å². The summed E-state index contributed by atoms with van der Waals surface area (Å²) in [5.41, 5.74) is 0. The van der Waals surface area contributed by atoms with Crippen molar-refractivity contribution in [2.75, 3.05) is 5.75 Å². The van der Waals surface area contributed by atoms with E-state index in [1.54, 1.807) is 18.7 Å². The molecule has 0 aromatic rings. The van der Waals surface area contributed by atoms with Gasteiger partial charge in [0.1, 0.15) is 0 Å². The van der Waals surface area contributed by atoms with Gasteiger partial charge >= 0.3 is 0 Å². The molecule has 88 valence electrons. The SMILES string of the molecule is CC(CSC1CC2CCC1C2)S(=O)(=O)O. The molecule has 0 spiro atoms. The van der Waals surface area contributed by atoms with Gasteiger partial charge in [-0.15, -0.1) is 0 Å². The Morgan fingerprint density at radius 3 is 2.60 bits per heavy atom. The van der Waals surface area contributed by atoms with Crippen molar-refractivity contribution in [1.29, 1.82) is 0 Å². The first-order valence-corrected chi connectivity index (χ1v) is 8.10. The van der Waals surface area contributed by atoms with E-state index >= 15 is 0 Å². The van der Waals surface area contributed by atoms with Gasteiger partial charge in [-0.05, 0) is 38.0 Å². The predicted molar refractivity (Wildman–Crippen MR) is 62.7 cm³/mol. The third-order valence-electron chi connectivity index (χ3n) is 3.73. The number of rotatable bonds is 4. The molecule has 0 aromatic carbocycles. The van der Waals surface area contributed by atoms with E-state index in [2.05, 4.69) is 0 Å². The quantitative estimate of drug-likeness (QED) is 0.777. The summed E-state index contributed by atoms with van der Waals surface area (Å²) in [5.74, 6) is 2.24. The number of thioether (sulfide) groups is 1. The highest BCUT2D eigenvalue weighted by Gasteiger charge is 2.39. The molecule has 1 N–H and O–H groups in total. The summed E-state index contributed by atoms with van der Waals surface area (Å²) in [6.45, 7) is 1.58. The molecular weight excluding hydrogens is 232 g/mol. The Bertz CT molecular complexity index is 326. The Kier molecular flexibility index (Phi) is 3.33. The van der Waals surface area contributed by atoms with E-state index in [0.29, 0.717) is 11.0 Å². The fourth-order valence-corrected chi connectivity index (χ4v) is 5.10. The van der Waals surface area contributed by atoms with Crippen LogP contribution in [-0.4, -0.2) is 29.2 Å². The lowest BCUT2D eigenvalue weighted by Crippen LogP contribution is -2.22. The maximum Gasteiger partial charge on any atom is 0.268 e. The van der Waals surface area contributed by atoms with Gasteiger partial charge in [-0.25, -0.2) is 0 Å². The van der Waals surface area contributed by atoms with Crippen LogP contribution in [0.2, 0.25) is 0 Å². The van der Waals surface area contributed by atoms with Crippen LogP contribution in [0.3, 0.4) is 0 Å². The number of fused-ring (bicyclic) bond motifs is 2. The highest BCUT2D eigenvalue weighted by atomic mass is 32.2. The zero-order chi connectivity index (χ0) is 11.1. The average molecular weight is 250 g/mol. The van der Waals surface area contributed by atoms with Crippen LogP contribution in [-0.2, 0) is 10.1 Å². The lowest BCUT2D eigenvalue weighted by molar-refractivity contribution is 0.473. The van der Waals surface area contributed by atoms with Gasteiger partial charge in [-0.1, -0.05) is 6.42 Å². The maximum absolute atomic E-state index is 10.8. The van der Waals surface area contributed by atoms with Gasteiger partial charge in [0.15, 0.2) is 0 Å². The summed E-state index contributed by atoms with van der Waals surface area (Å²) >= 11 is 1.74. The third-order valence-corrected chi connectivity index (χ3v) is 6.82. The van der Waals surface area contributed by atoms with Crippen molar-refractivity contribution in [3.8, 4) is 0 Å². The first-order chi connectivity index (χ1) is 6.97. The largest absolute Gasteiger partial charge is 0.285 e. The highest BCUT2D eigenvalue weighted by molar-refractivity contribution is 8.00. The average Bonchev–Trinajstić information content (AvgIpc) is 2.73. The molecule has 2 bridgehead atoms.